The summed E-state index contributed by atoms with van der Waals surface area (Å²) in [6, 6.07) is 10.3. The van der Waals surface area contributed by atoms with Gasteiger partial charge >= 0.3 is 0 Å². The molecule has 0 atom stereocenters. The zero-order chi connectivity index (χ0) is 23.5. The van der Waals surface area contributed by atoms with Gasteiger partial charge in [-0.15, -0.1) is 0 Å². The monoisotopic (exact) mass is 503 g/mol. The van der Waals surface area contributed by atoms with Gasteiger partial charge in [-0.25, -0.2) is 9.97 Å². The first-order chi connectivity index (χ1) is 16.5. The van der Waals surface area contributed by atoms with Gasteiger partial charge in [0.25, 0.3) is 0 Å². The highest BCUT2D eigenvalue weighted by atomic mass is 35.5. The number of thioether (sulfide) groups is 1. The molecule has 0 saturated carbocycles. The molecule has 182 valence electrons. The zero-order valence-electron chi connectivity index (χ0n) is 19.4. The molecule has 2 aromatic rings. The van der Waals surface area contributed by atoms with Crippen LogP contribution in [-0.4, -0.2) is 84.8 Å². The Balaban J connectivity index is 1.15. The zero-order valence-corrected chi connectivity index (χ0v) is 21.0. The summed E-state index contributed by atoms with van der Waals surface area (Å²) in [7, 11) is 0. The topological polar surface area (TPSA) is 71.0 Å². The van der Waals surface area contributed by atoms with Gasteiger partial charge in [0, 0.05) is 63.9 Å². The lowest BCUT2D eigenvalue weighted by Crippen LogP contribution is -2.47. The van der Waals surface area contributed by atoms with E-state index < -0.39 is 5.79 Å². The molecule has 1 aromatic carbocycles. The quantitative estimate of drug-likeness (QED) is 0.350. The number of nitrogens with zero attached hydrogens (tertiary/aromatic N) is 5. The van der Waals surface area contributed by atoms with E-state index in [9.17, 15) is 4.79 Å². The Labute approximate surface area is 209 Å². The minimum absolute atomic E-state index is 0.0785. The van der Waals surface area contributed by atoms with Crippen LogP contribution in [0.5, 0.6) is 0 Å². The third kappa shape index (κ3) is 5.27. The van der Waals surface area contributed by atoms with Crippen LogP contribution in [-0.2, 0) is 14.3 Å². The lowest BCUT2D eigenvalue weighted by Gasteiger charge is -2.37. The number of aromatic nitrogens is 2. The SMILES string of the molecule is Cc1ccccc1N1CCN(c2cc(Cl)nc(SCC(=O)N3CCC4(CC3)OCCO4)n2)CC1. The maximum Gasteiger partial charge on any atom is 0.233 e. The van der Waals surface area contributed by atoms with Gasteiger partial charge in [-0.1, -0.05) is 41.6 Å². The summed E-state index contributed by atoms with van der Waals surface area (Å²) < 4.78 is 11.5. The Morgan fingerprint density at radius 3 is 2.41 bits per heavy atom. The molecule has 0 N–H and O–H groups in total. The number of benzene rings is 1. The second kappa shape index (κ2) is 10.3. The van der Waals surface area contributed by atoms with E-state index in [-0.39, 0.29) is 11.7 Å². The molecule has 8 nitrogen and oxygen atoms in total. The number of amides is 1. The molecule has 3 aliphatic rings. The number of ether oxygens (including phenoxy) is 2. The highest BCUT2D eigenvalue weighted by molar-refractivity contribution is 7.99. The smallest absolute Gasteiger partial charge is 0.233 e. The number of anilines is 2. The Bertz CT molecular complexity index is 1020. The van der Waals surface area contributed by atoms with Gasteiger partial charge in [-0.2, -0.15) is 0 Å². The first kappa shape index (κ1) is 23.7. The number of rotatable bonds is 5. The maximum absolute atomic E-state index is 12.8. The number of piperazine rings is 1. The summed E-state index contributed by atoms with van der Waals surface area (Å²) in [6.07, 6.45) is 1.44. The van der Waals surface area contributed by atoms with E-state index in [4.69, 9.17) is 26.1 Å². The van der Waals surface area contributed by atoms with Gasteiger partial charge in [-0.3, -0.25) is 4.79 Å². The third-order valence-corrected chi connectivity index (χ3v) is 7.76. The highest BCUT2D eigenvalue weighted by Gasteiger charge is 2.40. The average Bonchev–Trinajstić information content (AvgIpc) is 3.31. The van der Waals surface area contributed by atoms with Crippen molar-refractivity contribution in [3.8, 4) is 0 Å². The van der Waals surface area contributed by atoms with Gasteiger partial charge < -0.3 is 24.2 Å². The van der Waals surface area contributed by atoms with Gasteiger partial charge in [0.15, 0.2) is 10.9 Å². The van der Waals surface area contributed by atoms with E-state index in [1.54, 1.807) is 0 Å². The molecule has 1 amide bonds. The Morgan fingerprint density at radius 1 is 1.03 bits per heavy atom. The number of para-hydroxylation sites is 1. The summed E-state index contributed by atoms with van der Waals surface area (Å²) in [4.78, 5) is 28.3. The van der Waals surface area contributed by atoms with E-state index in [1.165, 1.54) is 23.0 Å². The first-order valence-corrected chi connectivity index (χ1v) is 13.2. The first-order valence-electron chi connectivity index (χ1n) is 11.8. The summed E-state index contributed by atoms with van der Waals surface area (Å²) in [5.74, 6) is 0.706. The number of carbonyl (C=O) groups is 1. The maximum atomic E-state index is 12.8. The number of aryl methyl sites for hydroxylation is 1. The molecule has 5 rings (SSSR count). The van der Waals surface area contributed by atoms with Crippen molar-refractivity contribution in [2.45, 2.75) is 30.7 Å². The average molecular weight is 504 g/mol. The Hall–Kier alpha value is -2.07. The van der Waals surface area contributed by atoms with Gasteiger partial charge in [0.2, 0.25) is 5.91 Å². The molecule has 3 aliphatic heterocycles. The second-order valence-electron chi connectivity index (χ2n) is 8.87. The number of hydrogen-bond acceptors (Lipinski definition) is 8. The molecule has 4 heterocycles. The predicted molar refractivity (Wildman–Crippen MR) is 134 cm³/mol. The van der Waals surface area contributed by atoms with Crippen LogP contribution in [0.25, 0.3) is 0 Å². The third-order valence-electron chi connectivity index (χ3n) is 6.74. The second-order valence-corrected chi connectivity index (χ2v) is 10.2. The van der Waals surface area contributed by atoms with Gasteiger partial charge in [0.1, 0.15) is 11.0 Å². The fourth-order valence-corrected chi connectivity index (χ4v) is 5.79. The highest BCUT2D eigenvalue weighted by Crippen LogP contribution is 2.32. The fourth-order valence-electron chi connectivity index (χ4n) is 4.81. The van der Waals surface area contributed by atoms with Crippen LogP contribution in [0.2, 0.25) is 5.15 Å². The molecule has 3 saturated heterocycles. The molecule has 10 heteroatoms. The van der Waals surface area contributed by atoms with E-state index in [0.29, 0.717) is 36.6 Å². The minimum atomic E-state index is -0.474. The number of halogens is 1. The summed E-state index contributed by atoms with van der Waals surface area (Å²) in [5.41, 5.74) is 2.57. The van der Waals surface area contributed by atoms with Crippen molar-refractivity contribution in [2.75, 3.05) is 68.0 Å². The molecule has 0 unspecified atom stereocenters. The molecule has 34 heavy (non-hydrogen) atoms. The molecule has 0 aliphatic carbocycles. The molecular formula is C24H30ClN5O3S. The normalized spacial score (nSPS) is 20.2. The van der Waals surface area contributed by atoms with Crippen molar-refractivity contribution in [1.82, 2.24) is 14.9 Å². The standard InChI is InChI=1S/C24H30ClN5O3S/c1-18-4-2-3-5-19(18)28-10-12-29(13-11-28)21-16-20(25)26-23(27-21)34-17-22(31)30-8-6-24(7-9-30)32-14-15-33-24/h2-5,16H,6-15,17H2,1H3. The minimum Gasteiger partial charge on any atom is -0.368 e. The summed E-state index contributed by atoms with van der Waals surface area (Å²) in [5, 5.41) is 0.935. The van der Waals surface area contributed by atoms with Crippen LogP contribution < -0.4 is 9.80 Å². The van der Waals surface area contributed by atoms with Crippen molar-refractivity contribution in [2.24, 2.45) is 0 Å². The molecule has 1 aromatic heterocycles. The molecule has 1 spiro atoms. The number of piperidine rings is 1. The van der Waals surface area contributed by atoms with Crippen LogP contribution in [0.3, 0.4) is 0 Å². The van der Waals surface area contributed by atoms with Crippen molar-refractivity contribution >= 4 is 40.8 Å². The van der Waals surface area contributed by atoms with Crippen molar-refractivity contribution in [3.05, 3.63) is 41.0 Å². The lowest BCUT2D eigenvalue weighted by molar-refractivity contribution is -0.186. The van der Waals surface area contributed by atoms with Gasteiger partial charge in [-0.05, 0) is 18.6 Å². The molecule has 3 fully saturated rings. The summed E-state index contributed by atoms with van der Waals surface area (Å²) in [6.45, 7) is 8.25. The molecular weight excluding hydrogens is 474 g/mol. The number of likely N-dealkylation sites (tertiary alicyclic amines) is 1. The van der Waals surface area contributed by atoms with Gasteiger partial charge in [0.05, 0.1) is 19.0 Å². The van der Waals surface area contributed by atoms with E-state index >= 15 is 0 Å². The van der Waals surface area contributed by atoms with Crippen LogP contribution in [0, 0.1) is 6.92 Å². The van der Waals surface area contributed by atoms with Crippen LogP contribution in [0.4, 0.5) is 11.5 Å². The van der Waals surface area contributed by atoms with E-state index in [1.807, 2.05) is 11.0 Å². The van der Waals surface area contributed by atoms with Crippen molar-refractivity contribution in [1.29, 1.82) is 0 Å². The van der Waals surface area contributed by atoms with E-state index in [2.05, 4.69) is 46.0 Å². The fraction of sp³-hybridized carbons (Fsp3) is 0.542. The molecule has 0 bridgehead atoms. The predicted octanol–water partition coefficient (Wildman–Crippen LogP) is 3.22. The van der Waals surface area contributed by atoms with Crippen molar-refractivity contribution in [3.63, 3.8) is 0 Å². The van der Waals surface area contributed by atoms with E-state index in [0.717, 1.165) is 44.8 Å². The number of hydrogen-bond donors (Lipinski definition) is 0. The Morgan fingerprint density at radius 2 is 1.71 bits per heavy atom. The number of carbonyl (C=O) groups excluding carboxylic acids is 1. The van der Waals surface area contributed by atoms with Crippen molar-refractivity contribution < 1.29 is 14.3 Å². The van der Waals surface area contributed by atoms with Crippen LogP contribution in [0.1, 0.15) is 18.4 Å². The largest absolute Gasteiger partial charge is 0.368 e. The Kier molecular flexibility index (Phi) is 7.15. The van der Waals surface area contributed by atoms with Crippen LogP contribution >= 0.6 is 23.4 Å². The molecule has 0 radical (unpaired) electrons. The van der Waals surface area contributed by atoms with Crippen LogP contribution in [0.15, 0.2) is 35.5 Å². The summed E-state index contributed by atoms with van der Waals surface area (Å²) >= 11 is 7.66. The lowest BCUT2D eigenvalue weighted by atomic mass is 10.0.